The van der Waals surface area contributed by atoms with Gasteiger partial charge in [-0.1, -0.05) is 152 Å². The maximum atomic E-state index is 5.36. The Hall–Kier alpha value is -8.28. The van der Waals surface area contributed by atoms with Crippen molar-refractivity contribution in [3.8, 4) is 39.7 Å². The maximum Gasteiger partial charge on any atom is 0.235 e. The second-order valence-corrected chi connectivity index (χ2v) is 15.8. The highest BCUT2D eigenvalue weighted by molar-refractivity contribution is 6.29. The minimum atomic E-state index is 0.647. The Labute approximate surface area is 350 Å². The molecule has 0 saturated carbocycles. The number of fused-ring (bicyclic) bond motifs is 11. The summed E-state index contributed by atoms with van der Waals surface area (Å²) in [5.74, 6) is 0.647. The predicted molar refractivity (Wildman–Crippen MR) is 253 cm³/mol. The quantitative estimate of drug-likeness (QED) is 0.175. The van der Waals surface area contributed by atoms with Gasteiger partial charge in [-0.25, -0.2) is 9.97 Å². The standard InChI is InChI=1S/C56H35N5/c1-3-17-36(18-4-1)38-21-15-22-39(35-38)59-45-28-12-9-25-42(45)53-50(59)33-34-51-54(53)43-26-10-13-29-46(43)60(51)48-31-16-32-49-52(48)41-24-8-14-30-47(41)61(49)56-57-44-27-11-7-23-40(44)55(58-56)37-19-5-2-6-20-37/h1-35H. The first-order valence-electron chi connectivity index (χ1n) is 20.8. The number of para-hydroxylation sites is 4. The van der Waals surface area contributed by atoms with Crippen molar-refractivity contribution < 1.29 is 0 Å². The molecule has 0 fully saturated rings. The summed E-state index contributed by atoms with van der Waals surface area (Å²) in [7, 11) is 0. The molecule has 0 saturated heterocycles. The lowest BCUT2D eigenvalue weighted by atomic mass is 10.0. The lowest BCUT2D eigenvalue weighted by Gasteiger charge is -2.13. The average molecular weight is 778 g/mol. The molecule has 4 heterocycles. The Morgan fingerprint density at radius 2 is 0.787 bits per heavy atom. The molecule has 0 bridgehead atoms. The van der Waals surface area contributed by atoms with Crippen molar-refractivity contribution in [2.45, 2.75) is 0 Å². The lowest BCUT2D eigenvalue weighted by Crippen LogP contribution is -2.03. The van der Waals surface area contributed by atoms with Crippen LogP contribution in [0.25, 0.3) is 116 Å². The molecule has 0 aliphatic carbocycles. The van der Waals surface area contributed by atoms with E-state index < -0.39 is 0 Å². The molecule has 13 rings (SSSR count). The van der Waals surface area contributed by atoms with Crippen molar-refractivity contribution >= 4 is 76.3 Å². The van der Waals surface area contributed by atoms with Gasteiger partial charge in [0.2, 0.25) is 5.95 Å². The van der Waals surface area contributed by atoms with Gasteiger partial charge in [0.05, 0.1) is 50.0 Å². The normalized spacial score (nSPS) is 11.9. The summed E-state index contributed by atoms with van der Waals surface area (Å²) in [6.07, 6.45) is 0. The Balaban J connectivity index is 1.10. The molecule has 9 aromatic carbocycles. The molecule has 5 heteroatoms. The average Bonchev–Trinajstić information content (AvgIpc) is 3.98. The molecular weight excluding hydrogens is 743 g/mol. The maximum absolute atomic E-state index is 5.36. The molecule has 0 N–H and O–H groups in total. The first kappa shape index (κ1) is 33.7. The third kappa shape index (κ3) is 4.95. The number of hydrogen-bond donors (Lipinski definition) is 0. The van der Waals surface area contributed by atoms with E-state index in [0.717, 1.165) is 66.4 Å². The summed E-state index contributed by atoms with van der Waals surface area (Å²) in [4.78, 5) is 10.6. The van der Waals surface area contributed by atoms with Crippen LogP contribution in [-0.2, 0) is 0 Å². The van der Waals surface area contributed by atoms with E-state index in [0.29, 0.717) is 5.95 Å². The van der Waals surface area contributed by atoms with Crippen molar-refractivity contribution in [1.82, 2.24) is 23.7 Å². The number of hydrogen-bond acceptors (Lipinski definition) is 2. The minimum absolute atomic E-state index is 0.647. The molecule has 0 unspecified atom stereocenters. The second kappa shape index (κ2) is 13.1. The summed E-state index contributed by atoms with van der Waals surface area (Å²) in [6, 6.07) is 76.0. The van der Waals surface area contributed by atoms with Crippen LogP contribution in [0, 0.1) is 0 Å². The van der Waals surface area contributed by atoms with E-state index in [2.05, 4.69) is 220 Å². The van der Waals surface area contributed by atoms with Gasteiger partial charge in [-0.2, -0.15) is 0 Å². The van der Waals surface area contributed by atoms with Crippen LogP contribution in [0.2, 0.25) is 0 Å². The SMILES string of the molecule is c1ccc(-c2cccc(-n3c4ccccc4c4c5c6ccccc6n(-c6cccc7c6c6ccccc6n7-c6nc(-c7ccccc7)c7ccccc7n6)c5ccc43)c2)cc1. The van der Waals surface area contributed by atoms with Crippen LogP contribution in [-0.4, -0.2) is 23.7 Å². The summed E-state index contributed by atoms with van der Waals surface area (Å²) in [5, 5.41) is 8.27. The zero-order valence-electron chi connectivity index (χ0n) is 32.9. The van der Waals surface area contributed by atoms with Crippen molar-refractivity contribution in [1.29, 1.82) is 0 Å². The fraction of sp³-hybridized carbons (Fsp3) is 0. The molecular formula is C56H35N5. The van der Waals surface area contributed by atoms with E-state index in [1.807, 2.05) is 6.07 Å². The van der Waals surface area contributed by atoms with Gasteiger partial charge in [-0.3, -0.25) is 4.57 Å². The number of aromatic nitrogens is 5. The molecule has 13 aromatic rings. The van der Waals surface area contributed by atoms with Gasteiger partial charge in [0, 0.05) is 49.0 Å². The van der Waals surface area contributed by atoms with Crippen molar-refractivity contribution in [3.05, 3.63) is 212 Å². The zero-order chi connectivity index (χ0) is 40.0. The molecule has 0 aliphatic heterocycles. The molecule has 284 valence electrons. The van der Waals surface area contributed by atoms with Crippen molar-refractivity contribution in [3.63, 3.8) is 0 Å². The fourth-order valence-corrected chi connectivity index (χ4v) is 9.89. The third-order valence-electron chi connectivity index (χ3n) is 12.4. The number of benzene rings is 9. The first-order chi connectivity index (χ1) is 30.3. The van der Waals surface area contributed by atoms with E-state index in [1.54, 1.807) is 0 Å². The molecule has 0 radical (unpaired) electrons. The van der Waals surface area contributed by atoms with E-state index in [4.69, 9.17) is 9.97 Å². The number of rotatable bonds is 5. The van der Waals surface area contributed by atoms with Gasteiger partial charge in [0.25, 0.3) is 0 Å². The van der Waals surface area contributed by atoms with E-state index >= 15 is 0 Å². The van der Waals surface area contributed by atoms with Crippen molar-refractivity contribution in [2.24, 2.45) is 0 Å². The zero-order valence-corrected chi connectivity index (χ0v) is 32.9. The minimum Gasteiger partial charge on any atom is -0.309 e. The van der Waals surface area contributed by atoms with Crippen LogP contribution in [0.3, 0.4) is 0 Å². The predicted octanol–water partition coefficient (Wildman–Crippen LogP) is 14.3. The molecule has 0 atom stereocenters. The highest BCUT2D eigenvalue weighted by Gasteiger charge is 2.24. The van der Waals surface area contributed by atoms with Gasteiger partial charge in [0.1, 0.15) is 0 Å². The van der Waals surface area contributed by atoms with E-state index in [-0.39, 0.29) is 0 Å². The molecule has 5 nitrogen and oxygen atoms in total. The molecule has 0 aliphatic rings. The van der Waals surface area contributed by atoms with Crippen LogP contribution in [0.1, 0.15) is 0 Å². The smallest absolute Gasteiger partial charge is 0.235 e. The Bertz CT molecular complexity index is 3870. The lowest BCUT2D eigenvalue weighted by molar-refractivity contribution is 1.01. The largest absolute Gasteiger partial charge is 0.309 e. The van der Waals surface area contributed by atoms with Crippen LogP contribution >= 0.6 is 0 Å². The Morgan fingerprint density at radius 1 is 0.295 bits per heavy atom. The van der Waals surface area contributed by atoms with E-state index in [9.17, 15) is 0 Å². The molecule has 61 heavy (non-hydrogen) atoms. The second-order valence-electron chi connectivity index (χ2n) is 15.8. The van der Waals surface area contributed by atoms with Gasteiger partial charge < -0.3 is 9.13 Å². The van der Waals surface area contributed by atoms with Crippen LogP contribution in [0.15, 0.2) is 212 Å². The first-order valence-corrected chi connectivity index (χ1v) is 20.8. The summed E-state index contributed by atoms with van der Waals surface area (Å²) >= 11 is 0. The van der Waals surface area contributed by atoms with Crippen molar-refractivity contribution in [2.75, 3.05) is 0 Å². The molecule has 4 aromatic heterocycles. The monoisotopic (exact) mass is 777 g/mol. The summed E-state index contributed by atoms with van der Waals surface area (Å²) in [5.41, 5.74) is 14.3. The van der Waals surface area contributed by atoms with Gasteiger partial charge >= 0.3 is 0 Å². The molecule has 0 amide bonds. The summed E-state index contributed by atoms with van der Waals surface area (Å²) in [6.45, 7) is 0. The van der Waals surface area contributed by atoms with Crippen LogP contribution < -0.4 is 0 Å². The Kier molecular flexibility index (Phi) is 7.24. The third-order valence-corrected chi connectivity index (χ3v) is 12.4. The van der Waals surface area contributed by atoms with Gasteiger partial charge in [0.15, 0.2) is 0 Å². The highest BCUT2D eigenvalue weighted by Crippen LogP contribution is 2.45. The fourth-order valence-electron chi connectivity index (χ4n) is 9.89. The van der Waals surface area contributed by atoms with E-state index in [1.165, 1.54) is 43.7 Å². The molecule has 0 spiro atoms. The van der Waals surface area contributed by atoms with Crippen LogP contribution in [0.4, 0.5) is 0 Å². The van der Waals surface area contributed by atoms with Gasteiger partial charge in [-0.05, 0) is 71.8 Å². The topological polar surface area (TPSA) is 40.6 Å². The van der Waals surface area contributed by atoms with Gasteiger partial charge in [-0.15, -0.1) is 0 Å². The highest BCUT2D eigenvalue weighted by atomic mass is 15.2. The Morgan fingerprint density at radius 3 is 1.49 bits per heavy atom. The number of nitrogens with zero attached hydrogens (tertiary/aromatic N) is 5. The van der Waals surface area contributed by atoms with Crippen LogP contribution in [0.5, 0.6) is 0 Å². The summed E-state index contributed by atoms with van der Waals surface area (Å²) < 4.78 is 7.16.